The summed E-state index contributed by atoms with van der Waals surface area (Å²) in [6.07, 6.45) is 1.49. The lowest BCUT2D eigenvalue weighted by atomic mass is 10.1. The van der Waals surface area contributed by atoms with Crippen LogP contribution < -0.4 is 10.6 Å². The number of carbonyl (C=O) groups is 3. The van der Waals surface area contributed by atoms with Gasteiger partial charge < -0.3 is 15.4 Å². The average Bonchev–Trinajstić information content (AvgIpc) is 3.03. The van der Waals surface area contributed by atoms with Crippen LogP contribution in [-0.2, 0) is 35.7 Å². The van der Waals surface area contributed by atoms with Crippen LogP contribution in [0.25, 0.3) is 0 Å². The second kappa shape index (κ2) is 12.1. The molecule has 35 heavy (non-hydrogen) atoms. The highest BCUT2D eigenvalue weighted by Gasteiger charge is 2.36. The first kappa shape index (κ1) is 26.7. The Hall–Kier alpha value is -2.95. The van der Waals surface area contributed by atoms with E-state index in [0.29, 0.717) is 35.7 Å². The molecule has 0 radical (unpaired) electrons. The first-order chi connectivity index (χ1) is 16.7. The fourth-order valence-corrected chi connectivity index (χ4v) is 5.46. The molecule has 0 aliphatic carbocycles. The molecule has 9 nitrogen and oxygen atoms in total. The normalized spacial score (nSPS) is 16.3. The molecule has 1 unspecified atom stereocenters. The third kappa shape index (κ3) is 7.27. The number of hydrogen-bond acceptors (Lipinski definition) is 6. The van der Waals surface area contributed by atoms with Gasteiger partial charge in [0.2, 0.25) is 21.8 Å². The topological polar surface area (TPSA) is 122 Å². The molecule has 1 aliphatic heterocycles. The zero-order chi connectivity index (χ0) is 25.4. The third-order valence-corrected chi connectivity index (χ3v) is 7.58. The van der Waals surface area contributed by atoms with Gasteiger partial charge in [0, 0.05) is 23.8 Å². The minimum atomic E-state index is -4.02. The monoisotopic (exact) mass is 521 g/mol. The van der Waals surface area contributed by atoms with Crippen LogP contribution in [0.4, 0.5) is 5.69 Å². The van der Waals surface area contributed by atoms with E-state index in [2.05, 4.69) is 10.6 Å². The predicted molar refractivity (Wildman–Crippen MR) is 131 cm³/mol. The molecular formula is C24H28ClN3O6S. The summed E-state index contributed by atoms with van der Waals surface area (Å²) in [6.45, 7) is 2.31. The Balaban J connectivity index is 1.82. The highest BCUT2D eigenvalue weighted by Crippen LogP contribution is 2.26. The smallest absolute Gasteiger partial charge is 0.315 e. The molecule has 1 saturated heterocycles. The number of anilines is 1. The van der Waals surface area contributed by atoms with E-state index in [9.17, 15) is 22.8 Å². The van der Waals surface area contributed by atoms with Gasteiger partial charge in [0.1, 0.15) is 12.5 Å². The third-order valence-electron chi connectivity index (χ3n) is 5.46. The Morgan fingerprint density at radius 1 is 1.11 bits per heavy atom. The van der Waals surface area contributed by atoms with Gasteiger partial charge in [0.25, 0.3) is 0 Å². The minimum absolute atomic E-state index is 0.0416. The molecule has 1 fully saturated rings. The van der Waals surface area contributed by atoms with Crippen LogP contribution in [0.15, 0.2) is 53.4 Å². The molecule has 0 aromatic heterocycles. The number of nitrogens with zero attached hydrogens (tertiary/aromatic N) is 1. The van der Waals surface area contributed by atoms with Gasteiger partial charge in [-0.25, -0.2) is 8.42 Å². The number of rotatable bonds is 9. The summed E-state index contributed by atoms with van der Waals surface area (Å²) in [5, 5.41) is 5.81. The van der Waals surface area contributed by atoms with E-state index in [0.717, 1.165) is 6.42 Å². The van der Waals surface area contributed by atoms with E-state index in [1.807, 2.05) is 0 Å². The fraction of sp³-hybridized carbons (Fsp3) is 0.375. The second-order valence-corrected chi connectivity index (χ2v) is 10.4. The van der Waals surface area contributed by atoms with Crippen LogP contribution >= 0.6 is 11.6 Å². The number of benzene rings is 2. The van der Waals surface area contributed by atoms with Crippen LogP contribution in [0.2, 0.25) is 5.02 Å². The Labute approximate surface area is 209 Å². The Morgan fingerprint density at radius 3 is 2.46 bits per heavy atom. The maximum atomic E-state index is 13.6. The molecule has 2 aromatic carbocycles. The Kier molecular flexibility index (Phi) is 9.25. The molecule has 2 amide bonds. The highest BCUT2D eigenvalue weighted by molar-refractivity contribution is 7.89. The van der Waals surface area contributed by atoms with Crippen molar-refractivity contribution in [2.24, 2.45) is 0 Å². The number of ether oxygens (including phenoxy) is 1. The molecule has 3 rings (SSSR count). The van der Waals surface area contributed by atoms with Crippen LogP contribution in [-0.4, -0.2) is 49.7 Å². The van der Waals surface area contributed by atoms with Crippen LogP contribution in [0.3, 0.4) is 0 Å². The van der Waals surface area contributed by atoms with E-state index in [1.165, 1.54) is 28.6 Å². The van der Waals surface area contributed by atoms with Crippen molar-refractivity contribution in [2.45, 2.75) is 50.1 Å². The SMILES string of the molecule is CCOC(=O)CC(=O)Nc1ccc(CN(C2CCCCNC2=O)S(=O)(=O)c2ccc(Cl)cc2)cc1. The molecule has 11 heteroatoms. The van der Waals surface area contributed by atoms with Crippen molar-refractivity contribution in [3.63, 3.8) is 0 Å². The molecule has 188 valence electrons. The van der Waals surface area contributed by atoms with Crippen molar-refractivity contribution in [1.82, 2.24) is 9.62 Å². The summed E-state index contributed by atoms with van der Waals surface area (Å²) in [5.74, 6) is -1.47. The Morgan fingerprint density at radius 2 is 1.80 bits per heavy atom. The Bertz CT molecular complexity index is 1150. The number of carbonyl (C=O) groups excluding carboxylic acids is 3. The summed E-state index contributed by atoms with van der Waals surface area (Å²) in [4.78, 5) is 36.3. The first-order valence-electron chi connectivity index (χ1n) is 11.3. The lowest BCUT2D eigenvalue weighted by Crippen LogP contribution is -2.48. The molecule has 1 aliphatic rings. The number of sulfonamides is 1. The van der Waals surface area contributed by atoms with Crippen molar-refractivity contribution in [2.75, 3.05) is 18.5 Å². The zero-order valence-electron chi connectivity index (χ0n) is 19.3. The molecule has 0 spiro atoms. The lowest BCUT2D eigenvalue weighted by molar-refractivity contribution is -0.145. The predicted octanol–water partition coefficient (Wildman–Crippen LogP) is 3.09. The average molecular weight is 522 g/mol. The number of halogens is 1. The maximum absolute atomic E-state index is 13.6. The van der Waals surface area contributed by atoms with Gasteiger partial charge in [-0.2, -0.15) is 4.31 Å². The summed E-state index contributed by atoms with van der Waals surface area (Å²) < 4.78 is 33.1. The van der Waals surface area contributed by atoms with Crippen molar-refractivity contribution < 1.29 is 27.5 Å². The minimum Gasteiger partial charge on any atom is -0.466 e. The van der Waals surface area contributed by atoms with Gasteiger partial charge in [-0.15, -0.1) is 0 Å². The van der Waals surface area contributed by atoms with Crippen molar-refractivity contribution in [3.8, 4) is 0 Å². The van der Waals surface area contributed by atoms with Gasteiger partial charge in [0.15, 0.2) is 0 Å². The maximum Gasteiger partial charge on any atom is 0.315 e. The van der Waals surface area contributed by atoms with Gasteiger partial charge in [-0.1, -0.05) is 23.7 Å². The quantitative estimate of drug-likeness (QED) is 0.386. The molecule has 2 aromatic rings. The van der Waals surface area contributed by atoms with Crippen molar-refractivity contribution in [1.29, 1.82) is 0 Å². The first-order valence-corrected chi connectivity index (χ1v) is 13.1. The van der Waals surface area contributed by atoms with E-state index < -0.39 is 34.4 Å². The van der Waals surface area contributed by atoms with Crippen LogP contribution in [0.5, 0.6) is 0 Å². The summed E-state index contributed by atoms with van der Waals surface area (Å²) in [7, 11) is -4.02. The van der Waals surface area contributed by atoms with E-state index in [-0.39, 0.29) is 24.0 Å². The number of esters is 1. The number of amides is 2. The summed E-state index contributed by atoms with van der Waals surface area (Å²) >= 11 is 5.93. The molecule has 2 N–H and O–H groups in total. The summed E-state index contributed by atoms with van der Waals surface area (Å²) in [5.41, 5.74) is 1.07. The fourth-order valence-electron chi connectivity index (χ4n) is 3.72. The van der Waals surface area contributed by atoms with Crippen molar-refractivity contribution in [3.05, 3.63) is 59.1 Å². The standard InChI is InChI=1S/C24H28ClN3O6S/c1-2-34-23(30)15-22(29)27-19-10-6-17(7-11-19)16-28(21-5-3-4-14-26-24(21)31)35(32,33)20-12-8-18(25)9-13-20/h6-13,21H,2-5,14-16H2,1H3,(H,26,31)(H,27,29). The van der Waals surface area contributed by atoms with E-state index >= 15 is 0 Å². The number of hydrogen-bond donors (Lipinski definition) is 2. The molecule has 0 bridgehead atoms. The largest absolute Gasteiger partial charge is 0.466 e. The van der Waals surface area contributed by atoms with Crippen LogP contribution in [0.1, 0.15) is 38.2 Å². The number of nitrogens with one attached hydrogen (secondary N) is 2. The molecular weight excluding hydrogens is 494 g/mol. The van der Waals surface area contributed by atoms with Crippen LogP contribution in [0, 0.1) is 0 Å². The molecule has 0 saturated carbocycles. The van der Waals surface area contributed by atoms with E-state index in [1.54, 1.807) is 31.2 Å². The molecule has 1 heterocycles. The second-order valence-electron chi connectivity index (χ2n) is 8.03. The van der Waals surface area contributed by atoms with Gasteiger partial charge >= 0.3 is 5.97 Å². The van der Waals surface area contributed by atoms with E-state index in [4.69, 9.17) is 16.3 Å². The molecule has 1 atom stereocenters. The van der Waals surface area contributed by atoms with Gasteiger partial charge in [-0.05, 0) is 68.1 Å². The van der Waals surface area contributed by atoms with Gasteiger partial charge in [0.05, 0.1) is 11.5 Å². The zero-order valence-corrected chi connectivity index (χ0v) is 20.9. The summed E-state index contributed by atoms with van der Waals surface area (Å²) in [6, 6.07) is 11.5. The lowest BCUT2D eigenvalue weighted by Gasteiger charge is -2.29. The van der Waals surface area contributed by atoms with Gasteiger partial charge in [-0.3, -0.25) is 14.4 Å². The van der Waals surface area contributed by atoms with Crippen molar-refractivity contribution >= 4 is 45.1 Å². The highest BCUT2D eigenvalue weighted by atomic mass is 35.5.